The largest absolute Gasteiger partial charge is 0.325 e. The number of amides is 3. The number of nitriles is 1. The highest BCUT2D eigenvalue weighted by Gasteiger charge is 2.49. The Morgan fingerprint density at radius 3 is 2.52 bits per heavy atom. The number of carbonyl (C=O) groups is 2. The fraction of sp³-hybridized carbons (Fsp3) is 0.167. The zero-order valence-electron chi connectivity index (χ0n) is 14.1. The molecule has 2 aromatic rings. The summed E-state index contributed by atoms with van der Waals surface area (Å²) in [5.74, 6) is -1.55. The van der Waals surface area contributed by atoms with Crippen LogP contribution in [0.3, 0.4) is 0 Å². The molecule has 1 N–H and O–H groups in total. The third kappa shape index (κ3) is 2.97. The molecule has 1 unspecified atom stereocenters. The summed E-state index contributed by atoms with van der Waals surface area (Å²) in [6.45, 7) is 0.907. The van der Waals surface area contributed by atoms with Gasteiger partial charge in [-0.2, -0.15) is 5.26 Å². The molecule has 3 amide bonds. The van der Waals surface area contributed by atoms with Crippen molar-refractivity contribution in [3.63, 3.8) is 0 Å². The first-order chi connectivity index (χ1) is 12.8. The van der Waals surface area contributed by atoms with Gasteiger partial charge in [-0.3, -0.25) is 19.8 Å². The minimum atomic E-state index is -1.43. The van der Waals surface area contributed by atoms with Gasteiger partial charge in [0.05, 0.1) is 28.7 Å². The first kappa shape index (κ1) is 18.0. The van der Waals surface area contributed by atoms with Crippen molar-refractivity contribution in [2.24, 2.45) is 0 Å². The van der Waals surface area contributed by atoms with Crippen molar-refractivity contribution < 1.29 is 18.9 Å². The molecule has 1 fully saturated rings. The minimum Gasteiger partial charge on any atom is -0.319 e. The number of halogens is 1. The smallest absolute Gasteiger partial charge is 0.319 e. The highest BCUT2D eigenvalue weighted by atomic mass is 19.1. The lowest BCUT2D eigenvalue weighted by molar-refractivity contribution is -0.385. The molecular formula is C18H13FN4O4. The predicted molar refractivity (Wildman–Crippen MR) is 90.6 cm³/mol. The van der Waals surface area contributed by atoms with Crippen molar-refractivity contribution in [2.45, 2.75) is 19.0 Å². The summed E-state index contributed by atoms with van der Waals surface area (Å²) in [4.78, 5) is 36.3. The molecule has 1 aliphatic heterocycles. The lowest BCUT2D eigenvalue weighted by Crippen LogP contribution is -2.40. The van der Waals surface area contributed by atoms with E-state index in [0.29, 0.717) is 11.1 Å². The number of nitro benzene ring substituents is 1. The Balaban J connectivity index is 1.96. The number of rotatable bonds is 4. The molecule has 1 aliphatic rings. The van der Waals surface area contributed by atoms with Gasteiger partial charge in [0.2, 0.25) is 0 Å². The average Bonchev–Trinajstić information content (AvgIpc) is 2.87. The Morgan fingerprint density at radius 2 is 1.93 bits per heavy atom. The highest BCUT2D eigenvalue weighted by Crippen LogP contribution is 2.32. The molecule has 27 heavy (non-hydrogen) atoms. The topological polar surface area (TPSA) is 116 Å². The van der Waals surface area contributed by atoms with Crippen molar-refractivity contribution in [3.8, 4) is 6.07 Å². The van der Waals surface area contributed by atoms with Crippen molar-refractivity contribution in [3.05, 3.63) is 75.1 Å². The highest BCUT2D eigenvalue weighted by molar-refractivity contribution is 6.07. The maximum absolute atomic E-state index is 14.1. The quantitative estimate of drug-likeness (QED) is 0.506. The fourth-order valence-corrected chi connectivity index (χ4v) is 2.95. The summed E-state index contributed by atoms with van der Waals surface area (Å²) in [7, 11) is 0. The molecule has 0 bridgehead atoms. The van der Waals surface area contributed by atoms with Gasteiger partial charge in [-0.05, 0) is 30.7 Å². The number of nitro groups is 1. The SMILES string of the molecule is CC1(c2ccc(C#N)cc2)NC(=O)N(Cc2c(F)cccc2[N+](=O)[O-])C1=O. The van der Waals surface area contributed by atoms with Crippen LogP contribution in [-0.4, -0.2) is 21.8 Å². The van der Waals surface area contributed by atoms with E-state index in [1.165, 1.54) is 37.3 Å². The van der Waals surface area contributed by atoms with Crippen molar-refractivity contribution in [1.82, 2.24) is 10.2 Å². The maximum Gasteiger partial charge on any atom is 0.325 e. The maximum atomic E-state index is 14.1. The second-order valence-corrected chi connectivity index (χ2v) is 6.13. The van der Waals surface area contributed by atoms with E-state index in [9.17, 15) is 24.1 Å². The van der Waals surface area contributed by atoms with Crippen LogP contribution in [0.2, 0.25) is 0 Å². The van der Waals surface area contributed by atoms with E-state index in [4.69, 9.17) is 5.26 Å². The number of nitrogens with zero attached hydrogens (tertiary/aromatic N) is 3. The van der Waals surface area contributed by atoms with Crippen LogP contribution in [0.25, 0.3) is 0 Å². The van der Waals surface area contributed by atoms with Crippen molar-refractivity contribution in [2.75, 3.05) is 0 Å². The Hall–Kier alpha value is -3.80. The Kier molecular flexibility index (Phi) is 4.33. The van der Waals surface area contributed by atoms with Gasteiger partial charge in [0.25, 0.3) is 11.6 Å². The van der Waals surface area contributed by atoms with Crippen LogP contribution in [0.15, 0.2) is 42.5 Å². The Bertz CT molecular complexity index is 999. The van der Waals surface area contributed by atoms with Gasteiger partial charge >= 0.3 is 6.03 Å². The van der Waals surface area contributed by atoms with Crippen LogP contribution >= 0.6 is 0 Å². The average molecular weight is 368 g/mol. The standard InChI is InChI=1S/C18H13FN4O4/c1-18(12-7-5-11(9-20)6-8-12)16(24)22(17(25)21-18)10-13-14(19)3-2-4-15(13)23(26)27/h2-8H,10H2,1H3,(H,21,25). The molecule has 136 valence electrons. The molecule has 0 aliphatic carbocycles. The van der Waals surface area contributed by atoms with E-state index < -0.39 is 40.4 Å². The monoisotopic (exact) mass is 368 g/mol. The normalized spacial score (nSPS) is 18.9. The van der Waals surface area contributed by atoms with E-state index >= 15 is 0 Å². The van der Waals surface area contributed by atoms with Gasteiger partial charge < -0.3 is 5.32 Å². The summed E-state index contributed by atoms with van der Waals surface area (Å²) in [5.41, 5.74) is -1.47. The summed E-state index contributed by atoms with van der Waals surface area (Å²) in [6, 6.07) is 10.6. The van der Waals surface area contributed by atoms with Gasteiger partial charge in [0.15, 0.2) is 0 Å². The van der Waals surface area contributed by atoms with Crippen LogP contribution in [0.5, 0.6) is 0 Å². The lowest BCUT2D eigenvalue weighted by atomic mass is 9.91. The molecule has 1 saturated heterocycles. The Morgan fingerprint density at radius 1 is 1.26 bits per heavy atom. The number of imide groups is 1. The van der Waals surface area contributed by atoms with E-state index in [2.05, 4.69) is 5.32 Å². The predicted octanol–water partition coefficient (Wildman–Crippen LogP) is 2.57. The van der Waals surface area contributed by atoms with Crippen LogP contribution in [0, 0.1) is 27.3 Å². The number of hydrogen-bond acceptors (Lipinski definition) is 5. The van der Waals surface area contributed by atoms with Crippen molar-refractivity contribution in [1.29, 1.82) is 5.26 Å². The van der Waals surface area contributed by atoms with Crippen LogP contribution in [-0.2, 0) is 16.9 Å². The number of benzene rings is 2. The van der Waals surface area contributed by atoms with Crippen molar-refractivity contribution >= 4 is 17.6 Å². The third-order valence-corrected chi connectivity index (χ3v) is 4.47. The summed E-state index contributed by atoms with van der Waals surface area (Å²) in [6.07, 6.45) is 0. The van der Waals surface area contributed by atoms with E-state index in [1.807, 2.05) is 6.07 Å². The van der Waals surface area contributed by atoms with Gasteiger partial charge in [0.1, 0.15) is 11.4 Å². The number of nitrogens with one attached hydrogen (secondary N) is 1. The van der Waals surface area contributed by atoms with Gasteiger partial charge in [-0.15, -0.1) is 0 Å². The second kappa shape index (κ2) is 6.49. The first-order valence-electron chi connectivity index (χ1n) is 7.84. The number of urea groups is 1. The van der Waals surface area contributed by atoms with E-state index in [0.717, 1.165) is 17.0 Å². The minimum absolute atomic E-state index is 0.352. The summed E-state index contributed by atoms with van der Waals surface area (Å²) >= 11 is 0. The molecule has 1 atom stereocenters. The molecule has 3 rings (SSSR count). The number of carbonyl (C=O) groups excluding carboxylic acids is 2. The van der Waals surface area contributed by atoms with Gasteiger partial charge in [0, 0.05) is 6.07 Å². The lowest BCUT2D eigenvalue weighted by Gasteiger charge is -2.22. The molecule has 8 nitrogen and oxygen atoms in total. The van der Waals surface area contributed by atoms with E-state index in [-0.39, 0.29) is 5.56 Å². The number of hydrogen-bond donors (Lipinski definition) is 1. The summed E-state index contributed by atoms with van der Waals surface area (Å²) in [5, 5.41) is 22.5. The molecule has 1 heterocycles. The van der Waals surface area contributed by atoms with Crippen LogP contribution in [0.4, 0.5) is 14.9 Å². The Labute approximate surface area is 153 Å². The molecule has 0 spiro atoms. The first-order valence-corrected chi connectivity index (χ1v) is 7.84. The molecule has 0 radical (unpaired) electrons. The van der Waals surface area contributed by atoms with E-state index in [1.54, 1.807) is 0 Å². The van der Waals surface area contributed by atoms with Gasteiger partial charge in [-0.25, -0.2) is 9.18 Å². The zero-order valence-corrected chi connectivity index (χ0v) is 14.1. The van der Waals surface area contributed by atoms with Crippen LogP contribution in [0.1, 0.15) is 23.6 Å². The fourth-order valence-electron chi connectivity index (χ4n) is 2.95. The second-order valence-electron chi connectivity index (χ2n) is 6.13. The molecule has 9 heteroatoms. The molecule has 2 aromatic carbocycles. The van der Waals surface area contributed by atoms with Gasteiger partial charge in [-0.1, -0.05) is 18.2 Å². The third-order valence-electron chi connectivity index (χ3n) is 4.47. The molecule has 0 aromatic heterocycles. The molecule has 0 saturated carbocycles. The van der Waals surface area contributed by atoms with Crippen LogP contribution < -0.4 is 5.32 Å². The zero-order chi connectivity index (χ0) is 19.8. The summed E-state index contributed by atoms with van der Waals surface area (Å²) < 4.78 is 14.1. The molecular weight excluding hydrogens is 355 g/mol.